The number of aliphatic carboxylic acids is 2. The Kier molecular flexibility index (Phi) is 12.7. The van der Waals surface area contributed by atoms with Crippen molar-refractivity contribution in [2.75, 3.05) is 19.7 Å². The molecule has 204 valence electrons. The van der Waals surface area contributed by atoms with Gasteiger partial charge in [0.15, 0.2) is 0 Å². The predicted octanol–water partition coefficient (Wildman–Crippen LogP) is 5.13. The van der Waals surface area contributed by atoms with E-state index in [0.29, 0.717) is 19.8 Å². The Morgan fingerprint density at radius 3 is 2.03 bits per heavy atom. The van der Waals surface area contributed by atoms with Crippen molar-refractivity contribution >= 4 is 11.9 Å². The number of ether oxygens (including phenoxy) is 2. The number of hydrogen-bond donors (Lipinski definition) is 3. The van der Waals surface area contributed by atoms with Crippen molar-refractivity contribution in [3.63, 3.8) is 0 Å². The minimum atomic E-state index is -5.08. The second-order valence-electron chi connectivity index (χ2n) is 8.11. The van der Waals surface area contributed by atoms with Crippen LogP contribution in [-0.2, 0) is 29.0 Å². The van der Waals surface area contributed by atoms with Crippen LogP contribution in [0.25, 0.3) is 0 Å². The first-order chi connectivity index (χ1) is 18.1. The molecule has 0 fully saturated rings. The molecule has 0 heterocycles. The normalized spacial score (nSPS) is 10.7. The molecule has 0 radical (unpaired) electrons. The van der Waals surface area contributed by atoms with Crippen molar-refractivity contribution < 1.29 is 42.4 Å². The Bertz CT molecular complexity index is 1120. The van der Waals surface area contributed by atoms with Gasteiger partial charge >= 0.3 is 18.1 Å². The zero-order valence-corrected chi connectivity index (χ0v) is 20.6. The Morgan fingerprint density at radius 2 is 1.39 bits per heavy atom. The maximum absolute atomic E-state index is 10.6. The summed E-state index contributed by atoms with van der Waals surface area (Å²) in [6, 6.07) is 26.3. The van der Waals surface area contributed by atoms with Gasteiger partial charge in [-0.25, -0.2) is 4.79 Å². The van der Waals surface area contributed by atoms with E-state index in [9.17, 15) is 18.0 Å². The summed E-state index contributed by atoms with van der Waals surface area (Å²) in [5.74, 6) is -1.83. The number of nitrogens with one attached hydrogen (secondary N) is 1. The zero-order chi connectivity index (χ0) is 27.8. The average Bonchev–Trinajstić information content (AvgIpc) is 2.88. The molecule has 38 heavy (non-hydrogen) atoms. The quantitative estimate of drug-likeness (QED) is 0.262. The summed E-state index contributed by atoms with van der Waals surface area (Å²) >= 11 is 0. The summed E-state index contributed by atoms with van der Waals surface area (Å²) in [7, 11) is 0. The first kappa shape index (κ1) is 30.2. The average molecular weight is 534 g/mol. The molecule has 0 saturated heterocycles. The fourth-order valence-corrected chi connectivity index (χ4v) is 3.12. The monoisotopic (exact) mass is 533 g/mol. The van der Waals surface area contributed by atoms with Gasteiger partial charge in [0.05, 0.1) is 13.0 Å². The van der Waals surface area contributed by atoms with Crippen molar-refractivity contribution in [1.29, 1.82) is 0 Å². The molecule has 7 nitrogen and oxygen atoms in total. The molecular formula is C28H30F3NO6. The lowest BCUT2D eigenvalue weighted by molar-refractivity contribution is -0.192. The van der Waals surface area contributed by atoms with Crippen LogP contribution in [-0.4, -0.2) is 48.0 Å². The fraction of sp³-hybridized carbons (Fsp3) is 0.286. The molecule has 0 aliphatic rings. The van der Waals surface area contributed by atoms with E-state index in [4.69, 9.17) is 24.5 Å². The molecule has 0 aromatic heterocycles. The number of carboxylic acid groups (broad SMARTS) is 2. The van der Waals surface area contributed by atoms with Crippen LogP contribution < -0.4 is 14.8 Å². The molecule has 3 aromatic rings. The van der Waals surface area contributed by atoms with Crippen LogP contribution in [0.5, 0.6) is 11.5 Å². The molecule has 3 N–H and O–H groups in total. The van der Waals surface area contributed by atoms with E-state index in [1.807, 2.05) is 48.5 Å². The van der Waals surface area contributed by atoms with E-state index in [1.165, 1.54) is 11.1 Å². The van der Waals surface area contributed by atoms with Crippen molar-refractivity contribution in [1.82, 2.24) is 5.32 Å². The van der Waals surface area contributed by atoms with Crippen molar-refractivity contribution in [2.24, 2.45) is 0 Å². The van der Waals surface area contributed by atoms with Crippen LogP contribution >= 0.6 is 0 Å². The summed E-state index contributed by atoms with van der Waals surface area (Å²) in [5.41, 5.74) is 3.52. The first-order valence-electron chi connectivity index (χ1n) is 11.8. The highest BCUT2D eigenvalue weighted by atomic mass is 19.4. The van der Waals surface area contributed by atoms with Gasteiger partial charge in [-0.05, 0) is 53.9 Å². The Hall–Kier alpha value is -4.05. The summed E-state index contributed by atoms with van der Waals surface area (Å²) in [5, 5.41) is 18.9. The van der Waals surface area contributed by atoms with Gasteiger partial charge in [-0.15, -0.1) is 0 Å². The number of carbonyl (C=O) groups is 2. The Balaban J connectivity index is 0.000000638. The van der Waals surface area contributed by atoms with Crippen LogP contribution in [0.4, 0.5) is 13.2 Å². The van der Waals surface area contributed by atoms with E-state index in [0.717, 1.165) is 36.4 Å². The third kappa shape index (κ3) is 12.8. The molecule has 3 aromatic carbocycles. The second-order valence-corrected chi connectivity index (χ2v) is 8.11. The minimum absolute atomic E-state index is 0.142. The van der Waals surface area contributed by atoms with Crippen LogP contribution in [0.15, 0.2) is 78.9 Å². The highest BCUT2D eigenvalue weighted by Gasteiger charge is 2.38. The molecular weight excluding hydrogens is 503 g/mol. The van der Waals surface area contributed by atoms with Gasteiger partial charge in [0.1, 0.15) is 18.1 Å². The summed E-state index contributed by atoms with van der Waals surface area (Å²) in [6.45, 7) is 2.40. The molecule has 0 spiro atoms. The standard InChI is InChI=1S/C26H29NO4.C2HF3O2/c28-26(29)14-17-27-16-13-22-7-4-8-25(19-22)30-18-15-21-9-11-24(12-10-21)31-20-23-5-2-1-3-6-23;3-2(4,5)1(6)7/h1-12,19,27H,13-18,20H2,(H,28,29);(H,6,7). The highest BCUT2D eigenvalue weighted by Crippen LogP contribution is 2.17. The zero-order valence-electron chi connectivity index (χ0n) is 20.6. The van der Waals surface area contributed by atoms with E-state index < -0.39 is 18.1 Å². The smallest absolute Gasteiger partial charge is 0.490 e. The third-order valence-corrected chi connectivity index (χ3v) is 5.08. The largest absolute Gasteiger partial charge is 0.493 e. The predicted molar refractivity (Wildman–Crippen MR) is 135 cm³/mol. The maximum atomic E-state index is 10.6. The number of benzene rings is 3. The van der Waals surface area contributed by atoms with Gasteiger partial charge in [-0.1, -0.05) is 54.6 Å². The van der Waals surface area contributed by atoms with Gasteiger partial charge in [-0.2, -0.15) is 13.2 Å². The SMILES string of the molecule is O=C(O)C(F)(F)F.O=C(O)CCNCCc1cccc(OCCc2ccc(OCc3ccccc3)cc2)c1. The number of halogens is 3. The van der Waals surface area contributed by atoms with E-state index in [2.05, 4.69) is 35.6 Å². The molecule has 0 saturated carbocycles. The van der Waals surface area contributed by atoms with E-state index >= 15 is 0 Å². The summed E-state index contributed by atoms with van der Waals surface area (Å²) in [6.07, 6.45) is -3.29. The minimum Gasteiger partial charge on any atom is -0.493 e. The van der Waals surface area contributed by atoms with Gasteiger partial charge < -0.3 is 25.0 Å². The van der Waals surface area contributed by atoms with Crippen LogP contribution in [0.2, 0.25) is 0 Å². The maximum Gasteiger partial charge on any atom is 0.490 e. The van der Waals surface area contributed by atoms with E-state index in [-0.39, 0.29) is 6.42 Å². The van der Waals surface area contributed by atoms with Crippen molar-refractivity contribution in [3.8, 4) is 11.5 Å². The van der Waals surface area contributed by atoms with Gasteiger partial charge in [0, 0.05) is 13.0 Å². The topological polar surface area (TPSA) is 105 Å². The Labute approximate surface area is 218 Å². The summed E-state index contributed by atoms with van der Waals surface area (Å²) < 4.78 is 43.5. The molecule has 0 bridgehead atoms. The number of alkyl halides is 3. The van der Waals surface area contributed by atoms with E-state index in [1.54, 1.807) is 0 Å². The molecule has 0 aliphatic carbocycles. The molecule has 0 unspecified atom stereocenters. The van der Waals surface area contributed by atoms with Crippen molar-refractivity contribution in [3.05, 3.63) is 95.6 Å². The summed E-state index contributed by atoms with van der Waals surface area (Å²) in [4.78, 5) is 19.4. The number of carboxylic acids is 2. The molecule has 3 rings (SSSR count). The van der Waals surface area contributed by atoms with Crippen molar-refractivity contribution in [2.45, 2.75) is 32.0 Å². The highest BCUT2D eigenvalue weighted by molar-refractivity contribution is 5.73. The van der Waals surface area contributed by atoms with Gasteiger partial charge in [0.2, 0.25) is 0 Å². The number of hydrogen-bond acceptors (Lipinski definition) is 5. The molecule has 0 amide bonds. The second kappa shape index (κ2) is 15.9. The third-order valence-electron chi connectivity index (χ3n) is 5.08. The lowest BCUT2D eigenvalue weighted by Crippen LogP contribution is -2.21. The Morgan fingerprint density at radius 1 is 0.737 bits per heavy atom. The van der Waals surface area contributed by atoms with Crippen LogP contribution in [0, 0.1) is 0 Å². The van der Waals surface area contributed by atoms with Gasteiger partial charge in [0.25, 0.3) is 0 Å². The molecule has 0 aliphatic heterocycles. The lowest BCUT2D eigenvalue weighted by atomic mass is 10.1. The van der Waals surface area contributed by atoms with Crippen LogP contribution in [0.3, 0.4) is 0 Å². The molecule has 10 heteroatoms. The number of rotatable bonds is 13. The van der Waals surface area contributed by atoms with Crippen LogP contribution in [0.1, 0.15) is 23.1 Å². The fourth-order valence-electron chi connectivity index (χ4n) is 3.12. The first-order valence-corrected chi connectivity index (χ1v) is 11.8. The molecule has 0 atom stereocenters. The van der Waals surface area contributed by atoms with Gasteiger partial charge in [-0.3, -0.25) is 4.79 Å². The lowest BCUT2D eigenvalue weighted by Gasteiger charge is -2.10.